The van der Waals surface area contributed by atoms with Crippen LogP contribution in [0.1, 0.15) is 47.3 Å². The van der Waals surface area contributed by atoms with Gasteiger partial charge in [0.25, 0.3) is 5.56 Å². The Balaban J connectivity index is 2.12. The quantitative estimate of drug-likeness (QED) is 0.155. The third kappa shape index (κ3) is 7.30. The van der Waals surface area contributed by atoms with Crippen LogP contribution in [-0.2, 0) is 27.6 Å². The Hall–Kier alpha value is -2.48. The molecule has 1 saturated heterocycles. The first-order valence-electron chi connectivity index (χ1n) is 13.2. The van der Waals surface area contributed by atoms with Crippen molar-refractivity contribution in [3.05, 3.63) is 16.7 Å². The van der Waals surface area contributed by atoms with Crippen LogP contribution in [-0.4, -0.2) is 77.4 Å². The molecule has 1 unspecified atom stereocenters. The van der Waals surface area contributed by atoms with Gasteiger partial charge in [0.1, 0.15) is 12.2 Å². The van der Waals surface area contributed by atoms with Crippen LogP contribution in [0.4, 0.5) is 5.95 Å². The Morgan fingerprint density at radius 2 is 2.07 bits per heavy atom. The van der Waals surface area contributed by atoms with E-state index in [9.17, 15) is 19.3 Å². The number of H-pyrrole nitrogens is 1. The van der Waals surface area contributed by atoms with Crippen molar-refractivity contribution in [1.82, 2.24) is 24.6 Å². The molecule has 3 rings (SSSR count). The van der Waals surface area contributed by atoms with Crippen molar-refractivity contribution in [3.63, 3.8) is 0 Å². The number of nitriles is 1. The van der Waals surface area contributed by atoms with Crippen LogP contribution in [0.2, 0.25) is 18.1 Å². The molecule has 4 N–H and O–H groups in total. The van der Waals surface area contributed by atoms with Crippen LogP contribution >= 0.6 is 7.75 Å². The molecule has 5 atom stereocenters. The Kier molecular flexibility index (Phi) is 10.3. The van der Waals surface area contributed by atoms with Gasteiger partial charge in [0, 0.05) is 13.0 Å². The second-order valence-corrected chi connectivity index (χ2v) is 18.2. The molecule has 1 aliphatic rings. The largest absolute Gasteiger partial charge is 0.408 e. The van der Waals surface area contributed by atoms with Crippen LogP contribution in [0.5, 0.6) is 0 Å². The number of aliphatic hydroxyl groups is 1. The van der Waals surface area contributed by atoms with E-state index < -0.39 is 52.7 Å². The number of carbonyl (C=O) groups excluding carboxylic acids is 1. The van der Waals surface area contributed by atoms with E-state index >= 15 is 0 Å². The van der Waals surface area contributed by atoms with Gasteiger partial charge in [-0.2, -0.15) is 10.2 Å². The highest BCUT2D eigenvalue weighted by Gasteiger charge is 2.53. The number of hydrogen-bond acceptors (Lipinski definition) is 11. The minimum atomic E-state index is -3.97. The maximum atomic E-state index is 13.5. The number of hydrogen-bond donors (Lipinski definition) is 4. The van der Waals surface area contributed by atoms with Gasteiger partial charge < -0.3 is 18.8 Å². The normalized spacial score (nSPS) is 23.0. The summed E-state index contributed by atoms with van der Waals surface area (Å²) in [7, 11) is -5.30. The number of amides is 1. The molecule has 17 heteroatoms. The molecule has 1 aliphatic heterocycles. The number of carbonyl (C=O) groups is 1. The number of aromatic nitrogens is 4. The van der Waals surface area contributed by atoms with Crippen LogP contribution in [0.25, 0.3) is 11.2 Å². The fourth-order valence-corrected chi connectivity index (χ4v) is 6.48. The molecule has 3 heterocycles. The second kappa shape index (κ2) is 12.8. The van der Waals surface area contributed by atoms with Gasteiger partial charge >= 0.3 is 7.75 Å². The Morgan fingerprint density at radius 1 is 1.39 bits per heavy atom. The summed E-state index contributed by atoms with van der Waals surface area (Å²) < 4.78 is 38.6. The molecule has 0 aromatic carbocycles. The number of imidazole rings is 1. The maximum absolute atomic E-state index is 13.5. The molecule has 2 aromatic rings. The third-order valence-corrected chi connectivity index (χ3v) is 13.4. The Bertz CT molecular complexity index is 1380. The fourth-order valence-electron chi connectivity index (χ4n) is 3.88. The van der Waals surface area contributed by atoms with E-state index in [4.69, 9.17) is 23.5 Å². The topological polar surface area (TPSA) is 203 Å². The van der Waals surface area contributed by atoms with Crippen molar-refractivity contribution >= 4 is 39.1 Å². The van der Waals surface area contributed by atoms with Crippen molar-refractivity contribution in [2.24, 2.45) is 5.92 Å². The molecule has 0 bridgehead atoms. The minimum absolute atomic E-state index is 0.00146. The molecule has 1 amide bonds. The van der Waals surface area contributed by atoms with Crippen molar-refractivity contribution < 1.29 is 32.7 Å². The van der Waals surface area contributed by atoms with Crippen molar-refractivity contribution in [1.29, 1.82) is 5.26 Å². The minimum Gasteiger partial charge on any atom is -0.408 e. The number of anilines is 1. The van der Waals surface area contributed by atoms with Crippen LogP contribution in [0.3, 0.4) is 0 Å². The molecule has 0 saturated carbocycles. The number of aromatic amines is 1. The monoisotopic (exact) mass is 613 g/mol. The standard InChI is InChI=1S/C24H40N7O8PSi/c1-14(2)20(33)28-23-27-19-17(21(34)29-23)26-13-31(19)22-18(39-41(7,8)24(3,4)5)16(15(12-32)38-22)30-40(35,36-6)37-11-9-10-25/h13-16,18,22,32H,9,11-12H2,1-8H3,(H,30,35)(H2,27,28,29,33,34)/t15-,16-,18-,22-,40?/m1/s1. The first-order chi connectivity index (χ1) is 19.1. The second-order valence-electron chi connectivity index (χ2n) is 11.5. The zero-order chi connectivity index (χ0) is 30.8. The van der Waals surface area contributed by atoms with E-state index in [-0.39, 0.29) is 47.0 Å². The van der Waals surface area contributed by atoms with Crippen molar-refractivity contribution in [2.75, 3.05) is 25.6 Å². The molecular weight excluding hydrogens is 573 g/mol. The van der Waals surface area contributed by atoms with Gasteiger partial charge in [-0.3, -0.25) is 29.0 Å². The summed E-state index contributed by atoms with van der Waals surface area (Å²) in [5, 5.41) is 24.4. The zero-order valence-corrected chi connectivity index (χ0v) is 26.5. The Morgan fingerprint density at radius 3 is 2.63 bits per heavy atom. The number of rotatable bonds is 12. The van der Waals surface area contributed by atoms with Crippen molar-refractivity contribution in [2.45, 2.75) is 83.6 Å². The summed E-state index contributed by atoms with van der Waals surface area (Å²) in [6.45, 7) is 13.0. The van der Waals surface area contributed by atoms with E-state index in [0.717, 1.165) is 0 Å². The molecule has 0 aliphatic carbocycles. The van der Waals surface area contributed by atoms with Crippen LogP contribution in [0.15, 0.2) is 11.1 Å². The first kappa shape index (κ1) is 33.0. The van der Waals surface area contributed by atoms with Gasteiger partial charge in [0.05, 0.1) is 38.1 Å². The zero-order valence-electron chi connectivity index (χ0n) is 24.6. The molecule has 228 valence electrons. The fraction of sp³-hybridized carbons (Fsp3) is 0.708. The molecular formula is C24H40N7O8PSi. The number of nitrogens with one attached hydrogen (secondary N) is 3. The van der Waals surface area contributed by atoms with Crippen molar-refractivity contribution in [3.8, 4) is 6.07 Å². The van der Waals surface area contributed by atoms with Gasteiger partial charge in [-0.05, 0) is 18.1 Å². The van der Waals surface area contributed by atoms with E-state index in [1.54, 1.807) is 13.8 Å². The van der Waals surface area contributed by atoms with Gasteiger partial charge in [-0.25, -0.2) is 14.6 Å². The summed E-state index contributed by atoms with van der Waals surface area (Å²) >= 11 is 0. The predicted molar refractivity (Wildman–Crippen MR) is 152 cm³/mol. The number of ether oxygens (including phenoxy) is 1. The lowest BCUT2D eigenvalue weighted by atomic mass is 10.1. The lowest BCUT2D eigenvalue weighted by Crippen LogP contribution is -2.52. The van der Waals surface area contributed by atoms with Crippen LogP contribution < -0.4 is 16.0 Å². The lowest BCUT2D eigenvalue weighted by Gasteiger charge is -2.41. The average molecular weight is 614 g/mol. The summed E-state index contributed by atoms with van der Waals surface area (Å²) in [6.07, 6.45) is -1.47. The van der Waals surface area contributed by atoms with E-state index in [0.29, 0.717) is 0 Å². The molecule has 0 spiro atoms. The molecule has 0 radical (unpaired) electrons. The molecule has 2 aromatic heterocycles. The molecule has 1 fully saturated rings. The Labute approximate surface area is 239 Å². The van der Waals surface area contributed by atoms with E-state index in [1.165, 1.54) is 18.0 Å². The highest BCUT2D eigenvalue weighted by molar-refractivity contribution is 7.51. The van der Waals surface area contributed by atoms with Gasteiger partial charge in [-0.1, -0.05) is 34.6 Å². The SMILES string of the molecule is COP(=O)(N[C@H]1[C@@H](O[Si](C)(C)C(C)(C)C)[C@H](n2cnc3c(=O)[nH]c(NC(=O)C(C)C)nc32)O[C@@H]1CO)OCCC#N. The van der Waals surface area contributed by atoms with E-state index in [1.807, 2.05) is 19.2 Å². The predicted octanol–water partition coefficient (Wildman–Crippen LogP) is 2.64. The highest BCUT2D eigenvalue weighted by Crippen LogP contribution is 2.48. The molecule has 15 nitrogen and oxygen atoms in total. The average Bonchev–Trinajstić information content (AvgIpc) is 3.44. The molecule has 41 heavy (non-hydrogen) atoms. The van der Waals surface area contributed by atoms with Gasteiger partial charge in [-0.15, -0.1) is 0 Å². The highest BCUT2D eigenvalue weighted by atomic mass is 31.2. The third-order valence-electron chi connectivity index (χ3n) is 7.26. The first-order valence-corrected chi connectivity index (χ1v) is 17.7. The summed E-state index contributed by atoms with van der Waals surface area (Å²) in [5.74, 6) is -0.762. The van der Waals surface area contributed by atoms with Gasteiger partial charge in [0.2, 0.25) is 11.9 Å². The summed E-state index contributed by atoms with van der Waals surface area (Å²) in [6, 6.07) is 1.01. The van der Waals surface area contributed by atoms with E-state index in [2.05, 4.69) is 46.1 Å². The maximum Gasteiger partial charge on any atom is 0.405 e. The lowest BCUT2D eigenvalue weighted by molar-refractivity contribution is -0.118. The number of fused-ring (bicyclic) bond motifs is 1. The smallest absolute Gasteiger partial charge is 0.405 e. The summed E-state index contributed by atoms with van der Waals surface area (Å²) in [5.41, 5.74) is -0.462. The van der Waals surface area contributed by atoms with Gasteiger partial charge in [0.15, 0.2) is 25.7 Å². The summed E-state index contributed by atoms with van der Waals surface area (Å²) in [4.78, 5) is 36.3. The number of aliphatic hydroxyl groups excluding tert-OH is 1. The number of nitrogens with zero attached hydrogens (tertiary/aromatic N) is 4. The van der Waals surface area contributed by atoms with Crippen LogP contribution in [0, 0.1) is 17.2 Å².